The lowest BCUT2D eigenvalue weighted by Crippen LogP contribution is -2.43. The number of amides is 1. The third kappa shape index (κ3) is 3.80. The molecule has 0 saturated heterocycles. The van der Waals surface area contributed by atoms with E-state index in [4.69, 9.17) is 10.2 Å². The molecule has 1 amide bonds. The minimum absolute atomic E-state index is 0.105. The van der Waals surface area contributed by atoms with Crippen LogP contribution in [0, 0.1) is 0 Å². The molecule has 7 nitrogen and oxygen atoms in total. The Kier molecular flexibility index (Phi) is 4.91. The lowest BCUT2D eigenvalue weighted by atomic mass is 10.2. The number of nitrogens with zero attached hydrogens (tertiary/aromatic N) is 2. The number of hydrogen-bond donors (Lipinski definition) is 4. The number of aromatic hydroxyl groups is 1. The topological polar surface area (TPSA) is 105 Å². The average Bonchev–Trinajstić information content (AvgIpc) is 2.82. The van der Waals surface area contributed by atoms with Gasteiger partial charge in [0.2, 0.25) is 5.96 Å². The maximum atomic E-state index is 11.9. The summed E-state index contributed by atoms with van der Waals surface area (Å²) in [5.41, 5.74) is 0.968. The Morgan fingerprint density at radius 1 is 1.14 bits per heavy atom. The normalized spacial score (nSPS) is 16.0. The Bertz CT molecular complexity index is 560. The highest BCUT2D eigenvalue weighted by Crippen LogP contribution is 2.16. The number of phenols is 1. The van der Waals surface area contributed by atoms with Crippen molar-refractivity contribution in [1.29, 1.82) is 0 Å². The van der Waals surface area contributed by atoms with Crippen LogP contribution in [0.1, 0.15) is 5.56 Å². The van der Waals surface area contributed by atoms with E-state index in [-0.39, 0.29) is 43.7 Å². The Hall–Kier alpha value is -2.38. The molecule has 0 bridgehead atoms. The van der Waals surface area contributed by atoms with E-state index in [1.165, 1.54) is 12.1 Å². The van der Waals surface area contributed by atoms with Crippen molar-refractivity contribution in [3.63, 3.8) is 0 Å². The molecular weight excluding hydrogens is 274 g/mol. The molecule has 0 atom stereocenters. The third-order valence-corrected chi connectivity index (χ3v) is 2.92. The number of nitrogens with one attached hydrogen (secondary N) is 1. The SMILES string of the molecule is O=C1NC(N(CCO)CCO)=N/C1=C\c1ccc(O)cc1. The Morgan fingerprint density at radius 2 is 1.76 bits per heavy atom. The number of carbonyl (C=O) groups excluding carboxylic acids is 1. The van der Waals surface area contributed by atoms with Gasteiger partial charge in [0.05, 0.1) is 13.2 Å². The summed E-state index contributed by atoms with van der Waals surface area (Å²) in [6.45, 7) is 0.329. The zero-order valence-corrected chi connectivity index (χ0v) is 11.4. The van der Waals surface area contributed by atoms with Gasteiger partial charge in [0, 0.05) is 13.1 Å². The predicted molar refractivity (Wildman–Crippen MR) is 77.4 cm³/mol. The summed E-state index contributed by atoms with van der Waals surface area (Å²) >= 11 is 0. The fourth-order valence-corrected chi connectivity index (χ4v) is 1.90. The van der Waals surface area contributed by atoms with Crippen molar-refractivity contribution in [2.24, 2.45) is 4.99 Å². The minimum atomic E-state index is -0.348. The number of aliphatic hydroxyl groups excluding tert-OH is 2. The molecule has 0 fully saturated rings. The van der Waals surface area contributed by atoms with Gasteiger partial charge in [-0.15, -0.1) is 0 Å². The minimum Gasteiger partial charge on any atom is -0.508 e. The Balaban J connectivity index is 2.20. The van der Waals surface area contributed by atoms with E-state index in [9.17, 15) is 9.90 Å². The molecule has 1 heterocycles. The number of guanidine groups is 1. The van der Waals surface area contributed by atoms with Crippen LogP contribution >= 0.6 is 0 Å². The van der Waals surface area contributed by atoms with Gasteiger partial charge in [-0.1, -0.05) is 12.1 Å². The van der Waals surface area contributed by atoms with Crippen molar-refractivity contribution in [3.8, 4) is 5.75 Å². The maximum Gasteiger partial charge on any atom is 0.276 e. The highest BCUT2D eigenvalue weighted by molar-refractivity contribution is 6.13. The first-order valence-electron chi connectivity index (χ1n) is 6.51. The van der Waals surface area contributed by atoms with Gasteiger partial charge in [0.25, 0.3) is 5.91 Å². The largest absolute Gasteiger partial charge is 0.508 e. The number of aliphatic hydroxyl groups is 2. The predicted octanol–water partition coefficient (Wildman–Crippen LogP) is -0.494. The first-order chi connectivity index (χ1) is 10.1. The molecule has 4 N–H and O–H groups in total. The molecule has 1 aliphatic rings. The van der Waals surface area contributed by atoms with Gasteiger partial charge in [-0.2, -0.15) is 0 Å². The van der Waals surface area contributed by atoms with Crippen LogP contribution in [0.25, 0.3) is 6.08 Å². The molecule has 1 aromatic carbocycles. The molecule has 2 rings (SSSR count). The molecule has 7 heteroatoms. The second-order valence-electron chi connectivity index (χ2n) is 4.44. The number of benzene rings is 1. The van der Waals surface area contributed by atoms with Crippen LogP contribution in [0.15, 0.2) is 35.0 Å². The summed E-state index contributed by atoms with van der Waals surface area (Å²) in [6.07, 6.45) is 1.60. The van der Waals surface area contributed by atoms with Crippen LogP contribution in [0.3, 0.4) is 0 Å². The number of aliphatic imine (C=N–C) groups is 1. The van der Waals surface area contributed by atoms with E-state index in [2.05, 4.69) is 10.3 Å². The molecule has 0 unspecified atom stereocenters. The van der Waals surface area contributed by atoms with Crippen LogP contribution in [0.5, 0.6) is 5.75 Å². The van der Waals surface area contributed by atoms with Crippen molar-refractivity contribution in [2.75, 3.05) is 26.3 Å². The molecule has 1 aromatic rings. The summed E-state index contributed by atoms with van der Waals surface area (Å²) in [4.78, 5) is 17.6. The highest BCUT2D eigenvalue weighted by Gasteiger charge is 2.23. The van der Waals surface area contributed by atoms with Crippen molar-refractivity contribution < 1.29 is 20.1 Å². The molecule has 0 spiro atoms. The molecule has 0 aliphatic carbocycles. The van der Waals surface area contributed by atoms with E-state index >= 15 is 0 Å². The molecule has 0 saturated carbocycles. The summed E-state index contributed by atoms with van der Waals surface area (Å²) in [7, 11) is 0. The number of phenolic OH excluding ortho intramolecular Hbond substituents is 1. The van der Waals surface area contributed by atoms with Crippen LogP contribution in [0.4, 0.5) is 0 Å². The highest BCUT2D eigenvalue weighted by atomic mass is 16.3. The van der Waals surface area contributed by atoms with Crippen molar-refractivity contribution in [3.05, 3.63) is 35.5 Å². The second kappa shape index (κ2) is 6.87. The summed E-state index contributed by atoms with van der Waals surface area (Å²) in [6, 6.07) is 6.38. The number of carbonyl (C=O) groups is 1. The van der Waals surface area contributed by atoms with Crippen LogP contribution in [-0.2, 0) is 4.79 Å². The standard InChI is InChI=1S/C14H17N3O4/c18-7-5-17(6-8-19)14-15-12(13(21)16-14)9-10-1-3-11(20)4-2-10/h1-4,9,18-20H,5-8H2,(H,15,16,21)/b12-9-. The maximum absolute atomic E-state index is 11.9. The summed E-state index contributed by atoms with van der Waals surface area (Å²) < 4.78 is 0. The van der Waals surface area contributed by atoms with Gasteiger partial charge in [-0.25, -0.2) is 4.99 Å². The molecule has 112 valence electrons. The summed E-state index contributed by atoms with van der Waals surface area (Å²) in [5, 5.41) is 29.8. The van der Waals surface area contributed by atoms with Gasteiger partial charge >= 0.3 is 0 Å². The Morgan fingerprint density at radius 3 is 2.33 bits per heavy atom. The van der Waals surface area contributed by atoms with Crippen molar-refractivity contribution in [2.45, 2.75) is 0 Å². The smallest absolute Gasteiger partial charge is 0.276 e. The van der Waals surface area contributed by atoms with Crippen LogP contribution in [0.2, 0.25) is 0 Å². The molecule has 21 heavy (non-hydrogen) atoms. The molecule has 1 aliphatic heterocycles. The Labute approximate surface area is 121 Å². The molecular formula is C14H17N3O4. The van der Waals surface area contributed by atoms with E-state index in [1.54, 1.807) is 23.1 Å². The lowest BCUT2D eigenvalue weighted by molar-refractivity contribution is -0.115. The van der Waals surface area contributed by atoms with Crippen molar-refractivity contribution in [1.82, 2.24) is 10.2 Å². The molecule has 0 aromatic heterocycles. The lowest BCUT2D eigenvalue weighted by Gasteiger charge is -2.21. The first kappa shape index (κ1) is 15.0. The van der Waals surface area contributed by atoms with E-state index in [0.29, 0.717) is 5.96 Å². The van der Waals surface area contributed by atoms with E-state index in [1.807, 2.05) is 0 Å². The fourth-order valence-electron chi connectivity index (χ4n) is 1.90. The second-order valence-corrected chi connectivity index (χ2v) is 4.44. The van der Waals surface area contributed by atoms with E-state index in [0.717, 1.165) is 5.56 Å². The molecule has 0 radical (unpaired) electrons. The van der Waals surface area contributed by atoms with Gasteiger partial charge in [-0.3, -0.25) is 10.1 Å². The summed E-state index contributed by atoms with van der Waals surface area (Å²) in [5.74, 6) is 0.112. The fraction of sp³-hybridized carbons (Fsp3) is 0.286. The number of rotatable bonds is 5. The van der Waals surface area contributed by atoms with Gasteiger partial charge in [0.1, 0.15) is 11.4 Å². The van der Waals surface area contributed by atoms with E-state index < -0.39 is 0 Å². The monoisotopic (exact) mass is 291 g/mol. The van der Waals surface area contributed by atoms with Crippen LogP contribution in [-0.4, -0.2) is 58.4 Å². The van der Waals surface area contributed by atoms with Gasteiger partial charge in [0.15, 0.2) is 0 Å². The first-order valence-corrected chi connectivity index (χ1v) is 6.51. The zero-order chi connectivity index (χ0) is 15.2. The van der Waals surface area contributed by atoms with Gasteiger partial charge in [-0.05, 0) is 23.8 Å². The zero-order valence-electron chi connectivity index (χ0n) is 11.4. The third-order valence-electron chi connectivity index (χ3n) is 2.92. The van der Waals surface area contributed by atoms with Gasteiger partial charge < -0.3 is 20.2 Å². The number of hydrogen-bond acceptors (Lipinski definition) is 6. The quantitative estimate of drug-likeness (QED) is 0.548. The van der Waals surface area contributed by atoms with Crippen molar-refractivity contribution >= 4 is 17.9 Å². The van der Waals surface area contributed by atoms with Crippen LogP contribution < -0.4 is 5.32 Å². The average molecular weight is 291 g/mol.